The van der Waals surface area contributed by atoms with Crippen LogP contribution in [0.2, 0.25) is 5.02 Å². The van der Waals surface area contributed by atoms with Crippen LogP contribution in [0.1, 0.15) is 16.6 Å². The average Bonchev–Trinajstić information content (AvgIpc) is 3.07. The Morgan fingerprint density at radius 3 is 2.62 bits per heavy atom. The van der Waals surface area contributed by atoms with Gasteiger partial charge in [0, 0.05) is 10.9 Å². The number of ether oxygens (including phenoxy) is 1. The van der Waals surface area contributed by atoms with Crippen molar-refractivity contribution in [3.8, 4) is 22.4 Å². The Balaban J connectivity index is 2.02. The molecule has 2 aromatic heterocycles. The number of esters is 1. The van der Waals surface area contributed by atoms with E-state index in [0.29, 0.717) is 32.0 Å². The van der Waals surface area contributed by atoms with E-state index in [2.05, 4.69) is 0 Å². The highest BCUT2D eigenvalue weighted by atomic mass is 35.5. The lowest BCUT2D eigenvalue weighted by molar-refractivity contribution is 0.0533. The van der Waals surface area contributed by atoms with Gasteiger partial charge in [0.15, 0.2) is 0 Å². The maximum absolute atomic E-state index is 13.7. The molecule has 29 heavy (non-hydrogen) atoms. The minimum atomic E-state index is -0.505. The summed E-state index contributed by atoms with van der Waals surface area (Å²) in [5.74, 6) is -0.994. The van der Waals surface area contributed by atoms with Crippen LogP contribution in [-0.2, 0) is 4.74 Å². The van der Waals surface area contributed by atoms with Crippen LogP contribution in [0.15, 0.2) is 54.6 Å². The van der Waals surface area contributed by atoms with E-state index in [9.17, 15) is 9.18 Å². The summed E-state index contributed by atoms with van der Waals surface area (Å²) >= 11 is 7.19. The lowest BCUT2D eigenvalue weighted by Gasteiger charge is -2.09. The summed E-state index contributed by atoms with van der Waals surface area (Å²) in [6.45, 7) is 1.98. The zero-order chi connectivity index (χ0) is 20.5. The number of hydrogen-bond donors (Lipinski definition) is 1. The number of benzene rings is 2. The van der Waals surface area contributed by atoms with E-state index in [1.54, 1.807) is 19.1 Å². The molecule has 0 bridgehead atoms. The Morgan fingerprint density at radius 2 is 1.93 bits per heavy atom. The van der Waals surface area contributed by atoms with Gasteiger partial charge in [-0.1, -0.05) is 48.0 Å². The largest absolute Gasteiger partial charge is 0.462 e. The number of fused-ring (bicyclic) bond motifs is 1. The van der Waals surface area contributed by atoms with Crippen LogP contribution in [0.5, 0.6) is 0 Å². The number of pyridine rings is 1. The van der Waals surface area contributed by atoms with Crippen molar-refractivity contribution in [2.45, 2.75) is 6.92 Å². The fraction of sp³-hybridized carbons (Fsp3) is 0.0909. The average molecular weight is 427 g/mol. The molecule has 0 spiro atoms. The number of nitrogen functional groups attached to an aromatic ring is 1. The number of aromatic nitrogens is 1. The SMILES string of the molecule is CCOC(=O)c1sc2nc(-c3ccccc3)cc(-c3ccc(F)c(Cl)c3)c2c1N. The lowest BCUT2D eigenvalue weighted by Crippen LogP contribution is -2.04. The second kappa shape index (κ2) is 7.81. The van der Waals surface area contributed by atoms with Crippen molar-refractivity contribution in [2.24, 2.45) is 0 Å². The molecule has 0 aliphatic heterocycles. The number of rotatable bonds is 4. The van der Waals surface area contributed by atoms with Gasteiger partial charge in [0.05, 0.1) is 23.0 Å². The number of thiophene rings is 1. The van der Waals surface area contributed by atoms with Gasteiger partial charge in [0.1, 0.15) is 15.5 Å². The van der Waals surface area contributed by atoms with Crippen molar-refractivity contribution in [1.29, 1.82) is 0 Å². The smallest absolute Gasteiger partial charge is 0.350 e. The molecular weight excluding hydrogens is 411 g/mol. The van der Waals surface area contributed by atoms with Gasteiger partial charge in [-0.25, -0.2) is 14.2 Å². The molecule has 2 heterocycles. The minimum Gasteiger partial charge on any atom is -0.462 e. The number of carbonyl (C=O) groups excluding carboxylic acids is 1. The maximum atomic E-state index is 13.7. The monoisotopic (exact) mass is 426 g/mol. The molecule has 0 fully saturated rings. The van der Waals surface area contributed by atoms with Crippen molar-refractivity contribution >= 4 is 44.8 Å². The van der Waals surface area contributed by atoms with Gasteiger partial charge >= 0.3 is 5.97 Å². The summed E-state index contributed by atoms with van der Waals surface area (Å²) in [4.78, 5) is 18.0. The van der Waals surface area contributed by atoms with E-state index in [-0.39, 0.29) is 11.6 Å². The topological polar surface area (TPSA) is 65.2 Å². The molecule has 0 atom stereocenters. The van der Waals surface area contributed by atoms with Gasteiger partial charge in [-0.15, -0.1) is 11.3 Å². The summed E-state index contributed by atoms with van der Waals surface area (Å²) in [5, 5.41) is 0.633. The molecule has 146 valence electrons. The first-order valence-electron chi connectivity index (χ1n) is 8.90. The molecule has 0 saturated carbocycles. The summed E-state index contributed by atoms with van der Waals surface area (Å²) in [5.41, 5.74) is 9.65. The third-order valence-electron chi connectivity index (χ3n) is 4.46. The standard InChI is InChI=1S/C22H16ClFN2O2S/c1-2-28-22(27)20-19(25)18-14(13-8-9-16(24)15(23)10-13)11-17(26-21(18)29-20)12-6-4-3-5-7-12/h3-11H,2,25H2,1H3. The summed E-state index contributed by atoms with van der Waals surface area (Å²) in [6.07, 6.45) is 0. The number of halogens is 2. The van der Waals surface area contributed by atoms with Gasteiger partial charge in [0.2, 0.25) is 0 Å². The van der Waals surface area contributed by atoms with Crippen LogP contribution < -0.4 is 5.73 Å². The van der Waals surface area contributed by atoms with Gasteiger partial charge in [-0.2, -0.15) is 0 Å². The van der Waals surface area contributed by atoms with Gasteiger partial charge < -0.3 is 10.5 Å². The molecule has 0 amide bonds. The van der Waals surface area contributed by atoms with Crippen LogP contribution in [0.25, 0.3) is 32.6 Å². The molecular formula is C22H16ClFN2O2S. The predicted octanol–water partition coefficient (Wildman–Crippen LogP) is 6.18. The van der Waals surface area contributed by atoms with E-state index < -0.39 is 11.8 Å². The number of nitrogens with two attached hydrogens (primary N) is 1. The van der Waals surface area contributed by atoms with Gasteiger partial charge in [-0.05, 0) is 36.2 Å². The van der Waals surface area contributed by atoms with Crippen LogP contribution in [0.3, 0.4) is 0 Å². The molecule has 4 nitrogen and oxygen atoms in total. The Hall–Kier alpha value is -2.96. The third kappa shape index (κ3) is 3.57. The molecule has 4 rings (SSSR count). The van der Waals surface area contributed by atoms with Gasteiger partial charge in [-0.3, -0.25) is 0 Å². The van der Waals surface area contributed by atoms with E-state index in [4.69, 9.17) is 27.1 Å². The quantitative estimate of drug-likeness (QED) is 0.395. The lowest BCUT2D eigenvalue weighted by atomic mass is 9.99. The first-order valence-corrected chi connectivity index (χ1v) is 10.1. The van der Waals surface area contributed by atoms with Crippen LogP contribution in [-0.4, -0.2) is 17.6 Å². The van der Waals surface area contributed by atoms with Crippen LogP contribution in [0.4, 0.5) is 10.1 Å². The summed E-state index contributed by atoms with van der Waals surface area (Å²) in [6, 6.07) is 16.0. The number of carbonyl (C=O) groups is 1. The summed E-state index contributed by atoms with van der Waals surface area (Å²) < 4.78 is 18.8. The number of hydrogen-bond acceptors (Lipinski definition) is 5. The van der Waals surface area contributed by atoms with E-state index in [1.807, 2.05) is 36.4 Å². The number of anilines is 1. The van der Waals surface area contributed by atoms with Crippen LogP contribution >= 0.6 is 22.9 Å². The van der Waals surface area contributed by atoms with E-state index in [0.717, 1.165) is 11.1 Å². The first kappa shape index (κ1) is 19.4. The maximum Gasteiger partial charge on any atom is 0.350 e. The Kier molecular flexibility index (Phi) is 5.22. The second-order valence-electron chi connectivity index (χ2n) is 6.30. The molecule has 2 aromatic carbocycles. The fourth-order valence-corrected chi connectivity index (χ4v) is 4.31. The highest BCUT2D eigenvalue weighted by molar-refractivity contribution is 7.21. The molecule has 2 N–H and O–H groups in total. The first-order chi connectivity index (χ1) is 14.0. The number of nitrogens with zero attached hydrogens (tertiary/aromatic N) is 1. The molecule has 0 saturated heterocycles. The zero-order valence-corrected chi connectivity index (χ0v) is 17.0. The Labute approximate surface area is 175 Å². The molecule has 0 aliphatic carbocycles. The van der Waals surface area contributed by atoms with E-state index >= 15 is 0 Å². The highest BCUT2D eigenvalue weighted by Crippen LogP contribution is 2.42. The van der Waals surface area contributed by atoms with Gasteiger partial charge in [0.25, 0.3) is 0 Å². The van der Waals surface area contributed by atoms with Crippen molar-refractivity contribution in [3.63, 3.8) is 0 Å². The third-order valence-corrected chi connectivity index (χ3v) is 5.83. The predicted molar refractivity (Wildman–Crippen MR) is 116 cm³/mol. The molecule has 0 radical (unpaired) electrons. The van der Waals surface area contributed by atoms with E-state index in [1.165, 1.54) is 17.4 Å². The molecule has 4 aromatic rings. The molecule has 0 aliphatic rings. The Morgan fingerprint density at radius 1 is 1.17 bits per heavy atom. The van der Waals surface area contributed by atoms with Crippen LogP contribution in [0, 0.1) is 5.82 Å². The zero-order valence-electron chi connectivity index (χ0n) is 15.4. The molecule has 0 unspecified atom stereocenters. The summed E-state index contributed by atoms with van der Waals surface area (Å²) in [7, 11) is 0. The van der Waals surface area contributed by atoms with Crippen molar-refractivity contribution in [3.05, 3.63) is 70.3 Å². The van der Waals surface area contributed by atoms with Crippen molar-refractivity contribution in [1.82, 2.24) is 4.98 Å². The van der Waals surface area contributed by atoms with Crippen molar-refractivity contribution in [2.75, 3.05) is 12.3 Å². The molecule has 7 heteroatoms. The fourth-order valence-electron chi connectivity index (χ4n) is 3.12. The normalized spacial score (nSPS) is 11.0. The second-order valence-corrected chi connectivity index (χ2v) is 7.70. The minimum absolute atomic E-state index is 0.00754. The Bertz CT molecular complexity index is 1220. The highest BCUT2D eigenvalue weighted by Gasteiger charge is 2.22. The van der Waals surface area contributed by atoms with Crippen molar-refractivity contribution < 1.29 is 13.9 Å².